The molecule has 0 aliphatic carbocycles. The van der Waals surface area contributed by atoms with Crippen LogP contribution in [-0.2, 0) is 6.54 Å². The third kappa shape index (κ3) is 2.68. The highest BCUT2D eigenvalue weighted by molar-refractivity contribution is 6.30. The summed E-state index contributed by atoms with van der Waals surface area (Å²) in [5, 5.41) is 1.88. The molecule has 3 nitrogen and oxygen atoms in total. The van der Waals surface area contributed by atoms with Gasteiger partial charge in [0, 0.05) is 22.3 Å². The van der Waals surface area contributed by atoms with Gasteiger partial charge in [0.25, 0.3) is 0 Å². The van der Waals surface area contributed by atoms with E-state index in [2.05, 4.69) is 9.98 Å². The molecule has 0 amide bonds. The number of benzene rings is 2. The molecule has 1 heterocycles. The van der Waals surface area contributed by atoms with E-state index in [1.54, 1.807) is 0 Å². The molecule has 0 saturated carbocycles. The van der Waals surface area contributed by atoms with Gasteiger partial charge in [-0.2, -0.15) is 0 Å². The molecule has 4 heteroatoms. The minimum Gasteiger partial charge on any atom is -0.383 e. The van der Waals surface area contributed by atoms with Gasteiger partial charge in [-0.15, -0.1) is 0 Å². The smallest absolute Gasteiger partial charge is 0.126 e. The number of nitrogens with one attached hydrogen (secondary N) is 1. The summed E-state index contributed by atoms with van der Waals surface area (Å²) in [5.41, 5.74) is 9.06. The lowest BCUT2D eigenvalue weighted by Gasteiger charge is -2.02. The number of nitrogens with two attached hydrogens (primary N) is 1. The standard InChI is InChI=1S/C16H14ClN3/c17-14-3-1-2-11(8-14)10-20-16(18)13-5-4-12-6-7-19-15(12)9-13/h1-9,19H,10H2,(H2,18,20). The number of halogens is 1. The Bertz CT molecular complexity index is 774. The zero-order chi connectivity index (χ0) is 13.9. The van der Waals surface area contributed by atoms with E-state index >= 15 is 0 Å². The molecule has 1 aromatic heterocycles. The first-order valence-electron chi connectivity index (χ1n) is 6.34. The average Bonchev–Trinajstić information content (AvgIpc) is 2.92. The van der Waals surface area contributed by atoms with E-state index < -0.39 is 0 Å². The molecule has 20 heavy (non-hydrogen) atoms. The fourth-order valence-corrected chi connectivity index (χ4v) is 2.32. The molecule has 0 saturated heterocycles. The molecule has 0 bridgehead atoms. The number of aliphatic imine (C=N–C) groups is 1. The fraction of sp³-hybridized carbons (Fsp3) is 0.0625. The quantitative estimate of drug-likeness (QED) is 0.558. The zero-order valence-electron chi connectivity index (χ0n) is 10.8. The Balaban J connectivity index is 1.83. The van der Waals surface area contributed by atoms with Crippen LogP contribution in [0, 0.1) is 0 Å². The third-order valence-electron chi connectivity index (χ3n) is 3.17. The average molecular weight is 284 g/mol. The van der Waals surface area contributed by atoms with Crippen molar-refractivity contribution in [1.82, 2.24) is 4.98 Å². The number of fused-ring (bicyclic) bond motifs is 1. The molecular weight excluding hydrogens is 270 g/mol. The summed E-state index contributed by atoms with van der Waals surface area (Å²) in [7, 11) is 0. The van der Waals surface area contributed by atoms with Gasteiger partial charge >= 0.3 is 0 Å². The van der Waals surface area contributed by atoms with E-state index in [-0.39, 0.29) is 0 Å². The number of H-pyrrole nitrogens is 1. The maximum Gasteiger partial charge on any atom is 0.126 e. The van der Waals surface area contributed by atoms with Crippen LogP contribution in [0.4, 0.5) is 0 Å². The normalized spacial score (nSPS) is 11.9. The van der Waals surface area contributed by atoms with E-state index in [0.29, 0.717) is 17.4 Å². The predicted octanol–water partition coefficient (Wildman–Crippen LogP) is 3.73. The van der Waals surface area contributed by atoms with Crippen LogP contribution in [0.3, 0.4) is 0 Å². The Labute approximate surface area is 122 Å². The maximum absolute atomic E-state index is 6.04. The van der Waals surface area contributed by atoms with Crippen LogP contribution in [0.1, 0.15) is 11.1 Å². The first-order valence-corrected chi connectivity index (χ1v) is 6.72. The molecule has 0 atom stereocenters. The Morgan fingerprint density at radius 3 is 2.90 bits per heavy atom. The minimum absolute atomic E-state index is 0.523. The highest BCUT2D eigenvalue weighted by Gasteiger charge is 2.01. The van der Waals surface area contributed by atoms with Gasteiger partial charge in [0.05, 0.1) is 6.54 Å². The summed E-state index contributed by atoms with van der Waals surface area (Å²) >= 11 is 5.95. The number of amidine groups is 1. The molecule has 0 fully saturated rings. The molecule has 100 valence electrons. The van der Waals surface area contributed by atoms with Crippen LogP contribution in [0.15, 0.2) is 59.7 Å². The first-order chi connectivity index (χ1) is 9.72. The van der Waals surface area contributed by atoms with Crippen LogP contribution >= 0.6 is 11.6 Å². The van der Waals surface area contributed by atoms with Crippen molar-refractivity contribution >= 4 is 28.3 Å². The van der Waals surface area contributed by atoms with Crippen molar-refractivity contribution in [3.63, 3.8) is 0 Å². The molecule has 0 spiro atoms. The fourth-order valence-electron chi connectivity index (χ4n) is 2.11. The van der Waals surface area contributed by atoms with Crippen LogP contribution in [0.2, 0.25) is 5.02 Å². The second-order valence-corrected chi connectivity index (χ2v) is 5.05. The second kappa shape index (κ2) is 5.39. The van der Waals surface area contributed by atoms with Crippen LogP contribution in [0.5, 0.6) is 0 Å². The number of aromatic nitrogens is 1. The monoisotopic (exact) mass is 283 g/mol. The molecule has 0 aliphatic rings. The minimum atomic E-state index is 0.523. The van der Waals surface area contributed by atoms with Crippen molar-refractivity contribution in [2.45, 2.75) is 6.54 Å². The van der Waals surface area contributed by atoms with Gasteiger partial charge in [-0.05, 0) is 35.2 Å². The molecule has 3 aromatic rings. The number of aromatic amines is 1. The number of nitrogens with zero attached hydrogens (tertiary/aromatic N) is 1. The molecular formula is C16H14ClN3. The Hall–Kier alpha value is -2.26. The zero-order valence-corrected chi connectivity index (χ0v) is 11.6. The summed E-state index contributed by atoms with van der Waals surface area (Å²) in [6.45, 7) is 0.523. The predicted molar refractivity (Wildman–Crippen MR) is 84.2 cm³/mol. The van der Waals surface area contributed by atoms with Crippen molar-refractivity contribution < 1.29 is 0 Å². The highest BCUT2D eigenvalue weighted by atomic mass is 35.5. The highest BCUT2D eigenvalue weighted by Crippen LogP contribution is 2.15. The summed E-state index contributed by atoms with van der Waals surface area (Å²) < 4.78 is 0. The molecule has 0 radical (unpaired) electrons. The molecule has 0 aliphatic heterocycles. The molecule has 0 unspecified atom stereocenters. The van der Waals surface area contributed by atoms with Crippen LogP contribution in [0.25, 0.3) is 10.9 Å². The van der Waals surface area contributed by atoms with Gasteiger partial charge in [-0.25, -0.2) is 0 Å². The summed E-state index contributed by atoms with van der Waals surface area (Å²) in [5.74, 6) is 0.529. The lowest BCUT2D eigenvalue weighted by atomic mass is 10.1. The SMILES string of the molecule is NC(=NCc1cccc(Cl)c1)c1ccc2cc[nH]c2c1. The van der Waals surface area contributed by atoms with Crippen molar-refractivity contribution in [2.75, 3.05) is 0 Å². The third-order valence-corrected chi connectivity index (χ3v) is 3.41. The number of hydrogen-bond acceptors (Lipinski definition) is 1. The van der Waals surface area contributed by atoms with Gasteiger partial charge in [0.15, 0.2) is 0 Å². The Morgan fingerprint density at radius 2 is 2.05 bits per heavy atom. The van der Waals surface area contributed by atoms with E-state index in [4.69, 9.17) is 17.3 Å². The first kappa shape index (κ1) is 12.8. The topological polar surface area (TPSA) is 54.2 Å². The Kier molecular flexibility index (Phi) is 3.44. The van der Waals surface area contributed by atoms with Crippen molar-refractivity contribution in [1.29, 1.82) is 0 Å². The Morgan fingerprint density at radius 1 is 1.15 bits per heavy atom. The summed E-state index contributed by atoms with van der Waals surface area (Å²) in [4.78, 5) is 7.59. The lowest BCUT2D eigenvalue weighted by Crippen LogP contribution is -2.13. The van der Waals surface area contributed by atoms with E-state index in [1.807, 2.05) is 54.7 Å². The van der Waals surface area contributed by atoms with E-state index in [1.165, 1.54) is 0 Å². The van der Waals surface area contributed by atoms with Crippen molar-refractivity contribution in [2.24, 2.45) is 10.7 Å². The van der Waals surface area contributed by atoms with Gasteiger partial charge in [0.1, 0.15) is 5.84 Å². The van der Waals surface area contributed by atoms with Crippen molar-refractivity contribution in [3.05, 3.63) is 70.9 Å². The molecule has 3 rings (SSSR count). The molecule has 2 aromatic carbocycles. The van der Waals surface area contributed by atoms with Gasteiger partial charge < -0.3 is 10.7 Å². The molecule has 3 N–H and O–H groups in total. The maximum atomic E-state index is 6.04. The van der Waals surface area contributed by atoms with Gasteiger partial charge in [-0.1, -0.05) is 35.9 Å². The lowest BCUT2D eigenvalue weighted by molar-refractivity contribution is 1.06. The van der Waals surface area contributed by atoms with Crippen LogP contribution in [-0.4, -0.2) is 10.8 Å². The number of hydrogen-bond donors (Lipinski definition) is 2. The second-order valence-electron chi connectivity index (χ2n) is 4.61. The van der Waals surface area contributed by atoms with Gasteiger partial charge in [-0.3, -0.25) is 4.99 Å². The number of rotatable bonds is 3. The van der Waals surface area contributed by atoms with Crippen molar-refractivity contribution in [3.8, 4) is 0 Å². The van der Waals surface area contributed by atoms with E-state index in [9.17, 15) is 0 Å². The summed E-state index contributed by atoms with van der Waals surface area (Å²) in [6.07, 6.45) is 1.91. The largest absolute Gasteiger partial charge is 0.383 e. The van der Waals surface area contributed by atoms with Gasteiger partial charge in [0.2, 0.25) is 0 Å². The summed E-state index contributed by atoms with van der Waals surface area (Å²) in [6, 6.07) is 15.7. The van der Waals surface area contributed by atoms with E-state index in [0.717, 1.165) is 22.0 Å². The van der Waals surface area contributed by atoms with Crippen LogP contribution < -0.4 is 5.73 Å².